The van der Waals surface area contributed by atoms with Crippen LogP contribution in [0.25, 0.3) is 0 Å². The quantitative estimate of drug-likeness (QED) is 0.744. The zero-order valence-electron chi connectivity index (χ0n) is 7.13. The van der Waals surface area contributed by atoms with E-state index in [1.807, 2.05) is 0 Å². The highest BCUT2D eigenvalue weighted by atomic mass is 35.5. The van der Waals surface area contributed by atoms with Gasteiger partial charge < -0.3 is 5.73 Å². The van der Waals surface area contributed by atoms with Crippen LogP contribution in [0.1, 0.15) is 18.0 Å². The second-order valence-electron chi connectivity index (χ2n) is 2.80. The van der Waals surface area contributed by atoms with E-state index < -0.39 is 5.82 Å². The summed E-state index contributed by atoms with van der Waals surface area (Å²) in [6, 6.07) is 4.38. The summed E-state index contributed by atoms with van der Waals surface area (Å²) in [4.78, 5) is 0. The summed E-state index contributed by atoms with van der Waals surface area (Å²) < 4.78 is 13.0. The van der Waals surface area contributed by atoms with Crippen molar-refractivity contribution < 1.29 is 4.39 Å². The van der Waals surface area contributed by atoms with Crippen LogP contribution in [0.15, 0.2) is 30.9 Å². The Bertz CT molecular complexity index is 312. The molecule has 1 aromatic carbocycles. The lowest BCUT2D eigenvalue weighted by molar-refractivity contribution is 0.620. The van der Waals surface area contributed by atoms with Crippen LogP contribution in [0.4, 0.5) is 4.39 Å². The van der Waals surface area contributed by atoms with Gasteiger partial charge in [-0.1, -0.05) is 23.7 Å². The summed E-state index contributed by atoms with van der Waals surface area (Å²) in [5, 5.41) is 0.120. The lowest BCUT2D eigenvalue weighted by Gasteiger charge is -2.09. The van der Waals surface area contributed by atoms with Crippen molar-refractivity contribution in [3.05, 3.63) is 47.3 Å². The maximum absolute atomic E-state index is 13.0. The third-order valence-corrected chi connectivity index (χ3v) is 2.10. The van der Waals surface area contributed by atoms with Gasteiger partial charge in [0.1, 0.15) is 5.82 Å². The molecule has 0 amide bonds. The minimum absolute atomic E-state index is 0.120. The van der Waals surface area contributed by atoms with Crippen LogP contribution in [0, 0.1) is 5.82 Å². The molecule has 0 saturated carbocycles. The first-order chi connectivity index (χ1) is 6.15. The van der Waals surface area contributed by atoms with E-state index in [0.717, 1.165) is 5.56 Å². The number of hydrogen-bond acceptors (Lipinski definition) is 1. The maximum Gasteiger partial charge on any atom is 0.142 e. The predicted octanol–water partition coefficient (Wildman–Crippen LogP) is 3.06. The third kappa shape index (κ3) is 2.54. The van der Waals surface area contributed by atoms with Crippen molar-refractivity contribution in [1.29, 1.82) is 0 Å². The van der Waals surface area contributed by atoms with Gasteiger partial charge in [0, 0.05) is 6.04 Å². The molecule has 1 rings (SSSR count). The molecular formula is C10H11ClFN. The van der Waals surface area contributed by atoms with Crippen molar-refractivity contribution >= 4 is 11.6 Å². The number of rotatable bonds is 3. The third-order valence-electron chi connectivity index (χ3n) is 1.79. The van der Waals surface area contributed by atoms with Crippen LogP contribution in [0.3, 0.4) is 0 Å². The van der Waals surface area contributed by atoms with Gasteiger partial charge in [0.15, 0.2) is 0 Å². The van der Waals surface area contributed by atoms with Crippen molar-refractivity contribution in [1.82, 2.24) is 0 Å². The molecule has 0 spiro atoms. The zero-order chi connectivity index (χ0) is 9.84. The molecule has 0 fully saturated rings. The van der Waals surface area contributed by atoms with Gasteiger partial charge in [-0.2, -0.15) is 0 Å². The van der Waals surface area contributed by atoms with E-state index in [0.29, 0.717) is 6.42 Å². The molecule has 0 saturated heterocycles. The van der Waals surface area contributed by atoms with E-state index in [1.165, 1.54) is 12.1 Å². The molecule has 0 bridgehead atoms. The topological polar surface area (TPSA) is 26.0 Å². The van der Waals surface area contributed by atoms with Crippen LogP contribution >= 0.6 is 11.6 Å². The Kier molecular flexibility index (Phi) is 3.46. The average molecular weight is 200 g/mol. The first-order valence-electron chi connectivity index (χ1n) is 3.96. The highest BCUT2D eigenvalue weighted by Crippen LogP contribution is 2.20. The summed E-state index contributed by atoms with van der Waals surface area (Å²) in [6.45, 7) is 3.57. The fraction of sp³-hybridized carbons (Fsp3) is 0.200. The Hall–Kier alpha value is -0.860. The van der Waals surface area contributed by atoms with Crippen LogP contribution in [0.5, 0.6) is 0 Å². The van der Waals surface area contributed by atoms with Crippen LogP contribution in [-0.4, -0.2) is 0 Å². The second-order valence-corrected chi connectivity index (χ2v) is 3.21. The van der Waals surface area contributed by atoms with Gasteiger partial charge in [0.25, 0.3) is 0 Å². The number of halogens is 2. The number of nitrogens with two attached hydrogens (primary N) is 1. The molecule has 1 unspecified atom stereocenters. The van der Waals surface area contributed by atoms with Gasteiger partial charge in [0.05, 0.1) is 5.02 Å². The molecule has 3 heteroatoms. The van der Waals surface area contributed by atoms with Crippen molar-refractivity contribution in [2.75, 3.05) is 0 Å². The molecule has 13 heavy (non-hydrogen) atoms. The average Bonchev–Trinajstić information content (AvgIpc) is 2.10. The van der Waals surface area contributed by atoms with Gasteiger partial charge in [0.2, 0.25) is 0 Å². The van der Waals surface area contributed by atoms with Gasteiger partial charge in [-0.05, 0) is 24.1 Å². The highest BCUT2D eigenvalue weighted by molar-refractivity contribution is 6.30. The van der Waals surface area contributed by atoms with Crippen LogP contribution < -0.4 is 5.73 Å². The Morgan fingerprint density at radius 2 is 2.31 bits per heavy atom. The van der Waals surface area contributed by atoms with Crippen molar-refractivity contribution in [2.24, 2.45) is 5.73 Å². The fourth-order valence-corrected chi connectivity index (χ4v) is 1.18. The van der Waals surface area contributed by atoms with Gasteiger partial charge in [-0.25, -0.2) is 4.39 Å². The molecule has 1 atom stereocenters. The number of hydrogen-bond donors (Lipinski definition) is 1. The molecule has 1 nitrogen and oxygen atoms in total. The van der Waals surface area contributed by atoms with Gasteiger partial charge in [-0.3, -0.25) is 0 Å². The van der Waals surface area contributed by atoms with Crippen molar-refractivity contribution in [3.8, 4) is 0 Å². The molecule has 2 N–H and O–H groups in total. The van der Waals surface area contributed by atoms with E-state index in [2.05, 4.69) is 6.58 Å². The Morgan fingerprint density at radius 3 is 2.85 bits per heavy atom. The summed E-state index contributed by atoms with van der Waals surface area (Å²) >= 11 is 5.53. The molecule has 0 radical (unpaired) electrons. The monoisotopic (exact) mass is 199 g/mol. The SMILES string of the molecule is C=CCC(N)c1ccc(Cl)c(F)c1. The van der Waals surface area contributed by atoms with Crippen LogP contribution in [0.2, 0.25) is 5.02 Å². The molecule has 0 aliphatic carbocycles. The Morgan fingerprint density at radius 1 is 1.62 bits per heavy atom. The van der Waals surface area contributed by atoms with E-state index >= 15 is 0 Å². The van der Waals surface area contributed by atoms with Crippen LogP contribution in [-0.2, 0) is 0 Å². The molecule has 0 aliphatic heterocycles. The summed E-state index contributed by atoms with van der Waals surface area (Å²) in [6.07, 6.45) is 2.33. The highest BCUT2D eigenvalue weighted by Gasteiger charge is 2.06. The standard InChI is InChI=1S/C10H11ClFN/c1-2-3-10(13)7-4-5-8(11)9(12)6-7/h2,4-6,10H,1,3,13H2. The van der Waals surface area contributed by atoms with Gasteiger partial charge in [-0.15, -0.1) is 6.58 Å². The first kappa shape index (κ1) is 10.2. The Balaban J connectivity index is 2.89. The van der Waals surface area contributed by atoms with E-state index in [9.17, 15) is 4.39 Å². The molecule has 70 valence electrons. The van der Waals surface area contributed by atoms with Crippen molar-refractivity contribution in [3.63, 3.8) is 0 Å². The first-order valence-corrected chi connectivity index (χ1v) is 4.34. The smallest absolute Gasteiger partial charge is 0.142 e. The Labute approximate surface area is 82.0 Å². The molecule has 0 heterocycles. The molecular weight excluding hydrogens is 189 g/mol. The minimum atomic E-state index is -0.432. The predicted molar refractivity (Wildman–Crippen MR) is 53.2 cm³/mol. The maximum atomic E-state index is 13.0. The van der Waals surface area contributed by atoms with Crippen molar-refractivity contribution in [2.45, 2.75) is 12.5 Å². The van der Waals surface area contributed by atoms with E-state index in [1.54, 1.807) is 12.1 Å². The molecule has 0 aliphatic rings. The lowest BCUT2D eigenvalue weighted by Crippen LogP contribution is -2.09. The minimum Gasteiger partial charge on any atom is -0.324 e. The van der Waals surface area contributed by atoms with Gasteiger partial charge >= 0.3 is 0 Å². The summed E-state index contributed by atoms with van der Waals surface area (Å²) in [5.74, 6) is -0.432. The normalized spacial score (nSPS) is 12.5. The lowest BCUT2D eigenvalue weighted by atomic mass is 10.1. The zero-order valence-corrected chi connectivity index (χ0v) is 7.89. The van der Waals surface area contributed by atoms with E-state index in [-0.39, 0.29) is 11.1 Å². The summed E-state index contributed by atoms with van der Waals surface area (Å²) in [5.41, 5.74) is 6.48. The fourth-order valence-electron chi connectivity index (χ4n) is 1.06. The molecule has 1 aromatic rings. The number of benzene rings is 1. The molecule has 0 aromatic heterocycles. The second kappa shape index (κ2) is 4.40. The largest absolute Gasteiger partial charge is 0.324 e. The van der Waals surface area contributed by atoms with E-state index in [4.69, 9.17) is 17.3 Å². The summed E-state index contributed by atoms with van der Waals surface area (Å²) in [7, 11) is 0.